The van der Waals surface area contributed by atoms with E-state index in [2.05, 4.69) is 29.3 Å². The van der Waals surface area contributed by atoms with Gasteiger partial charge < -0.3 is 0 Å². The van der Waals surface area contributed by atoms with Crippen LogP contribution in [0.25, 0.3) is 0 Å². The van der Waals surface area contributed by atoms with Crippen molar-refractivity contribution in [2.75, 3.05) is 4.90 Å². The van der Waals surface area contributed by atoms with Crippen LogP contribution in [0.15, 0.2) is 34.7 Å². The summed E-state index contributed by atoms with van der Waals surface area (Å²) < 4.78 is 0.772. The van der Waals surface area contributed by atoms with Crippen LogP contribution < -0.4 is 4.90 Å². The molecule has 132 valence electrons. The van der Waals surface area contributed by atoms with Gasteiger partial charge in [-0.05, 0) is 12.0 Å². The highest BCUT2D eigenvalue weighted by Crippen LogP contribution is 2.35. The van der Waals surface area contributed by atoms with Crippen LogP contribution in [0.1, 0.15) is 44.6 Å². The number of unbranched alkanes of at least 4 members (excludes halogenated alkanes) is 2. The highest BCUT2D eigenvalue weighted by atomic mass is 32.2. The fourth-order valence-electron chi connectivity index (χ4n) is 2.83. The fourth-order valence-corrected chi connectivity index (χ4v) is 4.65. The first-order valence-corrected chi connectivity index (χ1v) is 10.4. The van der Waals surface area contributed by atoms with Crippen molar-refractivity contribution in [3.05, 3.63) is 35.9 Å². The van der Waals surface area contributed by atoms with Crippen LogP contribution in [0.4, 0.5) is 5.13 Å². The molecule has 1 aromatic carbocycles. The molecule has 1 saturated heterocycles. The standard InChI is InChI=1S/C18H21N3O2S2/c1-2-3-5-10-14-11-15(22)21(16(14)23)17-19-20-18(25-17)24-12-13-8-6-4-7-9-13/h4,6-9,14H,2-3,5,10-12H2,1H3. The quantitative estimate of drug-likeness (QED) is 0.298. The maximum absolute atomic E-state index is 12.5. The number of imide groups is 1. The van der Waals surface area contributed by atoms with Gasteiger partial charge in [-0.2, -0.15) is 0 Å². The van der Waals surface area contributed by atoms with Crippen LogP contribution >= 0.6 is 23.1 Å². The fraction of sp³-hybridized carbons (Fsp3) is 0.444. The molecular weight excluding hydrogens is 354 g/mol. The average molecular weight is 376 g/mol. The molecule has 1 aromatic heterocycles. The second-order valence-electron chi connectivity index (χ2n) is 6.09. The van der Waals surface area contributed by atoms with Crippen molar-refractivity contribution in [2.24, 2.45) is 5.92 Å². The molecule has 25 heavy (non-hydrogen) atoms. The molecule has 1 unspecified atom stereocenters. The predicted molar refractivity (Wildman–Crippen MR) is 101 cm³/mol. The number of aromatic nitrogens is 2. The molecule has 0 N–H and O–H groups in total. The first-order chi connectivity index (χ1) is 12.2. The first-order valence-electron chi connectivity index (χ1n) is 8.56. The van der Waals surface area contributed by atoms with Crippen LogP contribution in [0.5, 0.6) is 0 Å². The summed E-state index contributed by atoms with van der Waals surface area (Å²) in [5.41, 5.74) is 1.20. The topological polar surface area (TPSA) is 63.2 Å². The Labute approximate surface area is 155 Å². The molecular formula is C18H21N3O2S2. The van der Waals surface area contributed by atoms with Crippen LogP contribution in [0.3, 0.4) is 0 Å². The van der Waals surface area contributed by atoms with Gasteiger partial charge in [0.2, 0.25) is 16.9 Å². The van der Waals surface area contributed by atoms with E-state index in [0.29, 0.717) is 11.6 Å². The minimum atomic E-state index is -0.191. The van der Waals surface area contributed by atoms with E-state index in [9.17, 15) is 9.59 Å². The summed E-state index contributed by atoms with van der Waals surface area (Å²) in [4.78, 5) is 26.0. The van der Waals surface area contributed by atoms with Gasteiger partial charge in [0, 0.05) is 18.1 Å². The van der Waals surface area contributed by atoms with Gasteiger partial charge in [-0.25, -0.2) is 4.90 Å². The second-order valence-corrected chi connectivity index (χ2v) is 8.27. The highest BCUT2D eigenvalue weighted by Gasteiger charge is 2.40. The Kier molecular flexibility index (Phi) is 6.20. The van der Waals surface area contributed by atoms with Gasteiger partial charge in [-0.1, -0.05) is 79.6 Å². The van der Waals surface area contributed by atoms with Crippen molar-refractivity contribution >= 4 is 40.0 Å². The summed E-state index contributed by atoms with van der Waals surface area (Å²) in [6.07, 6.45) is 4.27. The Morgan fingerprint density at radius 2 is 2.00 bits per heavy atom. The molecule has 1 fully saturated rings. The zero-order chi connectivity index (χ0) is 17.6. The summed E-state index contributed by atoms with van der Waals surface area (Å²) in [6, 6.07) is 10.1. The van der Waals surface area contributed by atoms with Crippen molar-refractivity contribution in [3.8, 4) is 0 Å². The van der Waals surface area contributed by atoms with E-state index in [1.807, 2.05) is 18.2 Å². The summed E-state index contributed by atoms with van der Waals surface area (Å²) in [5.74, 6) is 0.333. The first kappa shape index (κ1) is 18.1. The maximum atomic E-state index is 12.5. The molecule has 1 aliphatic heterocycles. The Hall–Kier alpha value is -1.73. The number of hydrogen-bond donors (Lipinski definition) is 0. The minimum Gasteiger partial charge on any atom is -0.274 e. The summed E-state index contributed by atoms with van der Waals surface area (Å²) in [7, 11) is 0. The molecule has 7 heteroatoms. The molecule has 3 rings (SSSR count). The van der Waals surface area contributed by atoms with E-state index in [1.165, 1.54) is 21.8 Å². The normalized spacial score (nSPS) is 17.5. The second kappa shape index (κ2) is 8.58. The van der Waals surface area contributed by atoms with Gasteiger partial charge in [0.05, 0.1) is 0 Å². The maximum Gasteiger partial charge on any atom is 0.239 e. The number of rotatable bonds is 8. The van der Waals surface area contributed by atoms with E-state index >= 15 is 0 Å². The number of carbonyl (C=O) groups excluding carboxylic acids is 2. The zero-order valence-corrected chi connectivity index (χ0v) is 15.8. The third-order valence-electron chi connectivity index (χ3n) is 4.19. The Bertz CT molecular complexity index is 733. The van der Waals surface area contributed by atoms with Crippen LogP contribution in [-0.4, -0.2) is 22.0 Å². The van der Waals surface area contributed by atoms with Crippen molar-refractivity contribution in [2.45, 2.75) is 49.1 Å². The van der Waals surface area contributed by atoms with E-state index in [4.69, 9.17) is 0 Å². The lowest BCUT2D eigenvalue weighted by Crippen LogP contribution is -2.30. The van der Waals surface area contributed by atoms with Gasteiger partial charge in [0.15, 0.2) is 4.34 Å². The lowest BCUT2D eigenvalue weighted by atomic mass is 10.00. The number of anilines is 1. The largest absolute Gasteiger partial charge is 0.274 e. The average Bonchev–Trinajstić information content (AvgIpc) is 3.19. The minimum absolute atomic E-state index is 0.114. The van der Waals surface area contributed by atoms with E-state index < -0.39 is 0 Å². The summed E-state index contributed by atoms with van der Waals surface area (Å²) in [5, 5.41) is 8.61. The molecule has 2 heterocycles. The molecule has 1 aliphatic rings. The van der Waals surface area contributed by atoms with Gasteiger partial charge in [-0.3, -0.25) is 9.59 Å². The number of amides is 2. The molecule has 0 bridgehead atoms. The number of thioether (sulfide) groups is 1. The Balaban J connectivity index is 1.61. The zero-order valence-electron chi connectivity index (χ0n) is 14.2. The predicted octanol–water partition coefficient (Wildman–Crippen LogP) is 4.29. The van der Waals surface area contributed by atoms with E-state index in [-0.39, 0.29) is 17.7 Å². The number of carbonyl (C=O) groups is 2. The van der Waals surface area contributed by atoms with Gasteiger partial charge in [-0.15, -0.1) is 10.2 Å². The molecule has 2 aromatic rings. The molecule has 1 atom stereocenters. The molecule has 0 aliphatic carbocycles. The monoisotopic (exact) mass is 375 g/mol. The number of benzene rings is 1. The van der Waals surface area contributed by atoms with Crippen molar-refractivity contribution in [1.29, 1.82) is 0 Å². The number of hydrogen-bond acceptors (Lipinski definition) is 6. The van der Waals surface area contributed by atoms with E-state index in [1.54, 1.807) is 11.8 Å². The molecule has 2 amide bonds. The van der Waals surface area contributed by atoms with Crippen molar-refractivity contribution < 1.29 is 9.59 Å². The van der Waals surface area contributed by atoms with Crippen LogP contribution in [0, 0.1) is 5.92 Å². The van der Waals surface area contributed by atoms with E-state index in [0.717, 1.165) is 35.8 Å². The van der Waals surface area contributed by atoms with Crippen molar-refractivity contribution in [1.82, 2.24) is 10.2 Å². The summed E-state index contributed by atoms with van der Waals surface area (Å²) >= 11 is 2.88. The van der Waals surface area contributed by atoms with Gasteiger partial charge in [0.1, 0.15) is 0 Å². The van der Waals surface area contributed by atoms with Gasteiger partial charge in [0.25, 0.3) is 0 Å². The Morgan fingerprint density at radius 1 is 1.20 bits per heavy atom. The lowest BCUT2D eigenvalue weighted by Gasteiger charge is -2.10. The molecule has 0 radical (unpaired) electrons. The molecule has 0 saturated carbocycles. The molecule has 0 spiro atoms. The smallest absolute Gasteiger partial charge is 0.239 e. The van der Waals surface area contributed by atoms with Crippen molar-refractivity contribution in [3.63, 3.8) is 0 Å². The van der Waals surface area contributed by atoms with Crippen LogP contribution in [-0.2, 0) is 15.3 Å². The summed E-state index contributed by atoms with van der Waals surface area (Å²) in [6.45, 7) is 2.13. The third-order valence-corrected chi connectivity index (χ3v) is 6.30. The Morgan fingerprint density at radius 3 is 2.76 bits per heavy atom. The molecule has 5 nitrogen and oxygen atoms in total. The third kappa shape index (κ3) is 4.46. The SMILES string of the molecule is CCCCCC1CC(=O)N(c2nnc(SCc3ccccc3)s2)C1=O. The highest BCUT2D eigenvalue weighted by molar-refractivity contribution is 8.00. The van der Waals surface area contributed by atoms with Gasteiger partial charge >= 0.3 is 0 Å². The lowest BCUT2D eigenvalue weighted by molar-refractivity contribution is -0.122. The van der Waals surface area contributed by atoms with Crippen LogP contribution in [0.2, 0.25) is 0 Å². The number of nitrogens with zero attached hydrogens (tertiary/aromatic N) is 3.